The number of aromatic nitrogens is 3. The molecule has 3 heterocycles. The lowest BCUT2D eigenvalue weighted by Crippen LogP contribution is -2.11. The van der Waals surface area contributed by atoms with Crippen LogP contribution in [0, 0.1) is 6.92 Å². The summed E-state index contributed by atoms with van der Waals surface area (Å²) in [5, 5.41) is 1.01. The van der Waals surface area contributed by atoms with Crippen LogP contribution < -0.4 is 5.56 Å². The van der Waals surface area contributed by atoms with Gasteiger partial charge in [0.15, 0.2) is 4.96 Å². The Hall–Kier alpha value is -1.50. The lowest BCUT2D eigenvalue weighted by molar-refractivity contribution is 1.07. The van der Waals surface area contributed by atoms with Gasteiger partial charge in [0.1, 0.15) is 4.34 Å². The van der Waals surface area contributed by atoms with Crippen molar-refractivity contribution < 1.29 is 0 Å². The molecule has 19 heavy (non-hydrogen) atoms. The molecule has 0 aliphatic carbocycles. The summed E-state index contributed by atoms with van der Waals surface area (Å²) in [4.78, 5) is 22.0. The quantitative estimate of drug-likeness (QED) is 0.729. The van der Waals surface area contributed by atoms with Crippen LogP contribution in [-0.4, -0.2) is 14.4 Å². The van der Waals surface area contributed by atoms with Crippen molar-refractivity contribution in [3.8, 4) is 0 Å². The van der Waals surface area contributed by atoms with Gasteiger partial charge in [-0.15, -0.1) is 11.3 Å². The van der Waals surface area contributed by atoms with Gasteiger partial charge in [-0.1, -0.05) is 22.9 Å². The SMILES string of the molecule is Cc1ncc(C=Cc2cc(=O)n3cc(Cl)sc3n2)s1. The Morgan fingerprint density at radius 1 is 1.37 bits per heavy atom. The third kappa shape index (κ3) is 2.60. The minimum absolute atomic E-state index is 0.131. The van der Waals surface area contributed by atoms with E-state index in [0.717, 1.165) is 9.88 Å². The van der Waals surface area contributed by atoms with Gasteiger partial charge in [-0.3, -0.25) is 9.20 Å². The molecule has 7 heteroatoms. The average molecular weight is 310 g/mol. The van der Waals surface area contributed by atoms with E-state index in [9.17, 15) is 4.79 Å². The first-order valence-electron chi connectivity index (χ1n) is 5.41. The Morgan fingerprint density at radius 3 is 2.95 bits per heavy atom. The van der Waals surface area contributed by atoms with Crippen LogP contribution in [0.4, 0.5) is 0 Å². The molecule has 0 radical (unpaired) electrons. The lowest BCUT2D eigenvalue weighted by Gasteiger charge is -1.93. The molecule has 0 unspecified atom stereocenters. The molecule has 0 N–H and O–H groups in total. The fourth-order valence-electron chi connectivity index (χ4n) is 1.60. The summed E-state index contributed by atoms with van der Waals surface area (Å²) in [6.45, 7) is 1.95. The topological polar surface area (TPSA) is 47.3 Å². The normalized spacial score (nSPS) is 11.7. The maximum atomic E-state index is 11.9. The first kappa shape index (κ1) is 12.5. The van der Waals surface area contributed by atoms with Crippen LogP contribution in [0.1, 0.15) is 15.6 Å². The summed E-state index contributed by atoms with van der Waals surface area (Å²) in [5.41, 5.74) is 0.489. The predicted octanol–water partition coefficient (Wildman–Crippen LogP) is 3.34. The average Bonchev–Trinajstić information content (AvgIpc) is 2.92. The fraction of sp³-hybridized carbons (Fsp3) is 0.0833. The van der Waals surface area contributed by atoms with E-state index in [1.165, 1.54) is 21.8 Å². The first-order valence-corrected chi connectivity index (χ1v) is 7.42. The summed E-state index contributed by atoms with van der Waals surface area (Å²) in [6, 6.07) is 1.49. The molecule has 3 aromatic rings. The van der Waals surface area contributed by atoms with Gasteiger partial charge in [0.25, 0.3) is 5.56 Å². The summed E-state index contributed by atoms with van der Waals surface area (Å²) in [5.74, 6) is 0. The Labute approximate surface area is 121 Å². The van der Waals surface area contributed by atoms with Crippen LogP contribution in [-0.2, 0) is 0 Å². The highest BCUT2D eigenvalue weighted by atomic mass is 35.5. The molecule has 4 nitrogen and oxygen atoms in total. The zero-order chi connectivity index (χ0) is 13.4. The van der Waals surface area contributed by atoms with E-state index in [-0.39, 0.29) is 5.56 Å². The van der Waals surface area contributed by atoms with Gasteiger partial charge in [0.05, 0.1) is 10.7 Å². The number of nitrogens with zero attached hydrogens (tertiary/aromatic N) is 3. The molecule has 0 atom stereocenters. The summed E-state index contributed by atoms with van der Waals surface area (Å²) < 4.78 is 1.99. The number of fused-ring (bicyclic) bond motifs is 1. The molecule has 0 bridgehead atoms. The van der Waals surface area contributed by atoms with Crippen molar-refractivity contribution in [2.24, 2.45) is 0 Å². The third-order valence-corrected chi connectivity index (χ3v) is 4.39. The van der Waals surface area contributed by atoms with E-state index in [1.807, 2.05) is 19.1 Å². The maximum Gasteiger partial charge on any atom is 0.259 e. The van der Waals surface area contributed by atoms with Crippen molar-refractivity contribution in [3.63, 3.8) is 0 Å². The highest BCUT2D eigenvalue weighted by Gasteiger charge is 2.04. The van der Waals surface area contributed by atoms with Crippen LogP contribution in [0.15, 0.2) is 23.3 Å². The van der Waals surface area contributed by atoms with Crippen LogP contribution >= 0.6 is 34.3 Å². The molecule has 0 spiro atoms. The molecule has 0 aliphatic heterocycles. The molecule has 0 fully saturated rings. The molecular weight excluding hydrogens is 302 g/mol. The fourth-order valence-corrected chi connectivity index (χ4v) is 3.32. The molecule has 0 saturated carbocycles. The number of halogens is 1. The molecule has 0 amide bonds. The smallest absolute Gasteiger partial charge is 0.259 e. The van der Waals surface area contributed by atoms with Gasteiger partial charge in [0.2, 0.25) is 0 Å². The van der Waals surface area contributed by atoms with E-state index < -0.39 is 0 Å². The van der Waals surface area contributed by atoms with Crippen LogP contribution in [0.3, 0.4) is 0 Å². The Morgan fingerprint density at radius 2 is 2.21 bits per heavy atom. The molecule has 0 aliphatic rings. The Kier molecular flexibility index (Phi) is 3.22. The van der Waals surface area contributed by atoms with Crippen molar-refractivity contribution in [1.29, 1.82) is 0 Å². The summed E-state index contributed by atoms with van der Waals surface area (Å²) >= 11 is 8.75. The van der Waals surface area contributed by atoms with Gasteiger partial charge in [-0.25, -0.2) is 9.97 Å². The number of thiazole rings is 2. The highest BCUT2D eigenvalue weighted by molar-refractivity contribution is 7.20. The van der Waals surface area contributed by atoms with E-state index in [2.05, 4.69) is 9.97 Å². The van der Waals surface area contributed by atoms with E-state index in [4.69, 9.17) is 11.6 Å². The van der Waals surface area contributed by atoms with Crippen molar-refractivity contribution in [1.82, 2.24) is 14.4 Å². The molecule has 0 aromatic carbocycles. The molecule has 3 aromatic heterocycles. The Bertz CT molecular complexity index is 831. The van der Waals surface area contributed by atoms with E-state index >= 15 is 0 Å². The second-order valence-electron chi connectivity index (χ2n) is 3.82. The minimum Gasteiger partial charge on any atom is -0.269 e. The second-order valence-corrected chi connectivity index (χ2v) is 6.73. The van der Waals surface area contributed by atoms with Gasteiger partial charge in [0, 0.05) is 23.3 Å². The number of hydrogen-bond acceptors (Lipinski definition) is 5. The standard InChI is InChI=1S/C12H8ClN3OS2/c1-7-14-5-9(18-7)3-2-8-4-11(17)16-6-10(13)19-12(16)15-8/h2-6H,1H3. The Balaban J connectivity index is 2.01. The summed E-state index contributed by atoms with van der Waals surface area (Å²) in [6.07, 6.45) is 7.08. The molecular formula is C12H8ClN3OS2. The number of hydrogen-bond donors (Lipinski definition) is 0. The van der Waals surface area contributed by atoms with Crippen molar-refractivity contribution in [2.45, 2.75) is 6.92 Å². The van der Waals surface area contributed by atoms with Crippen LogP contribution in [0.25, 0.3) is 17.1 Å². The van der Waals surface area contributed by atoms with Crippen molar-refractivity contribution in [2.75, 3.05) is 0 Å². The van der Waals surface area contributed by atoms with Gasteiger partial charge >= 0.3 is 0 Å². The van der Waals surface area contributed by atoms with Crippen LogP contribution in [0.5, 0.6) is 0 Å². The first-order chi connectivity index (χ1) is 9.11. The zero-order valence-electron chi connectivity index (χ0n) is 9.83. The molecule has 0 saturated heterocycles. The van der Waals surface area contributed by atoms with Crippen LogP contribution in [0.2, 0.25) is 4.34 Å². The molecule has 96 valence electrons. The predicted molar refractivity (Wildman–Crippen MR) is 80.1 cm³/mol. The maximum absolute atomic E-state index is 11.9. The van der Waals surface area contributed by atoms with Gasteiger partial charge in [-0.05, 0) is 19.1 Å². The van der Waals surface area contributed by atoms with Gasteiger partial charge in [-0.2, -0.15) is 0 Å². The lowest BCUT2D eigenvalue weighted by atomic mass is 10.3. The summed E-state index contributed by atoms with van der Waals surface area (Å²) in [7, 11) is 0. The van der Waals surface area contributed by atoms with Crippen molar-refractivity contribution >= 4 is 51.4 Å². The van der Waals surface area contributed by atoms with E-state index in [1.54, 1.807) is 23.7 Å². The van der Waals surface area contributed by atoms with E-state index in [0.29, 0.717) is 15.0 Å². The van der Waals surface area contributed by atoms with Gasteiger partial charge < -0.3 is 0 Å². The largest absolute Gasteiger partial charge is 0.269 e. The number of aryl methyl sites for hydroxylation is 1. The molecule has 3 rings (SSSR count). The number of rotatable bonds is 2. The monoisotopic (exact) mass is 309 g/mol. The third-order valence-electron chi connectivity index (χ3n) is 2.42. The minimum atomic E-state index is -0.131. The second kappa shape index (κ2) is 4.88. The highest BCUT2D eigenvalue weighted by Crippen LogP contribution is 2.20. The van der Waals surface area contributed by atoms with Crippen molar-refractivity contribution in [3.05, 3.63) is 48.7 Å². The zero-order valence-corrected chi connectivity index (χ0v) is 12.2.